The van der Waals surface area contributed by atoms with Crippen LogP contribution in [0.4, 0.5) is 5.13 Å². The highest BCUT2D eigenvalue weighted by Gasteiger charge is 2.50. The lowest BCUT2D eigenvalue weighted by Crippen LogP contribution is -2.46. The molecular weight excluding hydrogens is 480 g/mol. The topological polar surface area (TPSA) is 177 Å². The van der Waals surface area contributed by atoms with Crippen molar-refractivity contribution in [1.82, 2.24) is 20.3 Å². The summed E-state index contributed by atoms with van der Waals surface area (Å²) in [5, 5.41) is 19.8. The summed E-state index contributed by atoms with van der Waals surface area (Å²) < 4.78 is 5.25. The number of hydrazine groups is 1. The van der Waals surface area contributed by atoms with Gasteiger partial charge in [0, 0.05) is 11.9 Å². The number of carboxylic acids is 1. The van der Waals surface area contributed by atoms with Crippen LogP contribution in [0, 0.1) is 0 Å². The van der Waals surface area contributed by atoms with Gasteiger partial charge < -0.3 is 25.7 Å². The summed E-state index contributed by atoms with van der Waals surface area (Å²) in [6, 6.07) is 7.79. The maximum absolute atomic E-state index is 13.0. The summed E-state index contributed by atoms with van der Waals surface area (Å²) in [5.41, 5.74) is 5.63. The van der Waals surface area contributed by atoms with Gasteiger partial charge in [-0.25, -0.2) is 24.6 Å². The number of rotatable bonds is 8. The lowest BCUT2D eigenvalue weighted by molar-refractivity contribution is -0.144. The highest BCUT2D eigenvalue weighted by molar-refractivity contribution is 7.13. The number of nitrogens with two attached hydrogens (primary N) is 1. The number of fused-ring (bicyclic) bond motifs is 1. The average molecular weight is 500 g/mol. The molecule has 3 heterocycles. The molecule has 4 rings (SSSR count). The number of hydrogen-bond donors (Lipinski definition) is 3. The summed E-state index contributed by atoms with van der Waals surface area (Å²) in [5.74, 6) is -3.80. The fraction of sp³-hybridized carbons (Fsp3) is 0.238. The molecule has 14 heteroatoms. The van der Waals surface area contributed by atoms with Crippen LogP contribution in [0.5, 0.6) is 0 Å². The number of nitrogen functional groups attached to an aromatic ring is 1. The Morgan fingerprint density at radius 2 is 2.06 bits per heavy atom. The van der Waals surface area contributed by atoms with Crippen LogP contribution < -0.4 is 11.1 Å². The first-order chi connectivity index (χ1) is 16.8. The number of thiazole rings is 1. The minimum Gasteiger partial charge on any atom is -0.477 e. The van der Waals surface area contributed by atoms with Crippen molar-refractivity contribution >= 4 is 45.9 Å². The van der Waals surface area contributed by atoms with Gasteiger partial charge in [0.05, 0.1) is 12.1 Å². The molecule has 0 bridgehead atoms. The third-order valence-corrected chi connectivity index (χ3v) is 5.82. The van der Waals surface area contributed by atoms with Crippen molar-refractivity contribution < 1.29 is 33.9 Å². The van der Waals surface area contributed by atoms with Crippen molar-refractivity contribution in [3.63, 3.8) is 0 Å². The van der Waals surface area contributed by atoms with Crippen molar-refractivity contribution in [2.75, 3.05) is 25.9 Å². The number of oxime groups is 1. The second-order valence-corrected chi connectivity index (χ2v) is 8.30. The van der Waals surface area contributed by atoms with Gasteiger partial charge in [-0.3, -0.25) is 9.59 Å². The van der Waals surface area contributed by atoms with Crippen molar-refractivity contribution in [3.8, 4) is 0 Å². The first kappa shape index (κ1) is 23.8. The number of benzene rings is 1. The Morgan fingerprint density at radius 3 is 2.69 bits per heavy atom. The van der Waals surface area contributed by atoms with Gasteiger partial charge in [-0.05, 0) is 5.56 Å². The lowest BCUT2D eigenvalue weighted by Gasteiger charge is -2.18. The Bertz CT molecular complexity index is 1240. The second kappa shape index (κ2) is 9.90. The smallest absolute Gasteiger partial charge is 0.354 e. The predicted molar refractivity (Wildman–Crippen MR) is 121 cm³/mol. The fourth-order valence-corrected chi connectivity index (χ4v) is 4.19. The Kier molecular flexibility index (Phi) is 6.75. The third kappa shape index (κ3) is 4.83. The van der Waals surface area contributed by atoms with Crippen LogP contribution in [0.2, 0.25) is 0 Å². The van der Waals surface area contributed by atoms with E-state index in [9.17, 15) is 24.3 Å². The van der Waals surface area contributed by atoms with E-state index in [0.717, 1.165) is 21.9 Å². The van der Waals surface area contributed by atoms with Crippen molar-refractivity contribution in [1.29, 1.82) is 0 Å². The van der Waals surface area contributed by atoms with Gasteiger partial charge >= 0.3 is 11.9 Å². The zero-order chi connectivity index (χ0) is 25.1. The van der Waals surface area contributed by atoms with E-state index < -0.39 is 35.5 Å². The number of carbonyl (C=O) groups is 4. The Balaban J connectivity index is 1.49. The van der Waals surface area contributed by atoms with Crippen molar-refractivity contribution in [2.24, 2.45) is 5.16 Å². The Hall–Kier alpha value is -4.30. The molecule has 182 valence electrons. The van der Waals surface area contributed by atoms with Gasteiger partial charge in [0.1, 0.15) is 25.5 Å². The number of nitrogens with zero attached hydrogens (tertiary/aromatic N) is 4. The molecule has 0 spiro atoms. The first-order valence-corrected chi connectivity index (χ1v) is 11.1. The number of anilines is 1. The predicted octanol–water partition coefficient (Wildman–Crippen LogP) is -0.284. The molecule has 1 saturated heterocycles. The van der Waals surface area contributed by atoms with E-state index in [1.807, 2.05) is 6.07 Å². The van der Waals surface area contributed by atoms with Gasteiger partial charge in [-0.2, -0.15) is 0 Å². The SMILES string of the molecule is CO/N=C(/C(=O)N[C@H]1CN2CC(C(=O)OCc3ccccc3)=C(C(=O)O)N2C1=O)c1csc(N)n1. The molecule has 0 saturated carbocycles. The summed E-state index contributed by atoms with van der Waals surface area (Å²) in [6.45, 7) is -0.295. The van der Waals surface area contributed by atoms with Crippen LogP contribution in [0.3, 0.4) is 0 Å². The molecular formula is C21H20N6O7S. The van der Waals surface area contributed by atoms with E-state index in [0.29, 0.717) is 0 Å². The molecule has 1 aromatic heterocycles. The molecule has 0 radical (unpaired) electrons. The van der Waals surface area contributed by atoms with Crippen molar-refractivity contribution in [3.05, 3.63) is 58.2 Å². The Labute approximate surface area is 202 Å². The van der Waals surface area contributed by atoms with E-state index >= 15 is 0 Å². The van der Waals surface area contributed by atoms with Crippen LogP contribution in [-0.2, 0) is 35.4 Å². The van der Waals surface area contributed by atoms with Crippen LogP contribution in [0.1, 0.15) is 11.3 Å². The number of nitrogens with one attached hydrogen (secondary N) is 1. The zero-order valence-electron chi connectivity index (χ0n) is 18.3. The molecule has 35 heavy (non-hydrogen) atoms. The van der Waals surface area contributed by atoms with Crippen LogP contribution in [0.25, 0.3) is 0 Å². The molecule has 2 aliphatic rings. The molecule has 1 aromatic carbocycles. The van der Waals surface area contributed by atoms with Gasteiger partial charge in [0.15, 0.2) is 16.5 Å². The molecule has 2 aromatic rings. The lowest BCUT2D eigenvalue weighted by atomic mass is 10.1. The average Bonchev–Trinajstić information content (AvgIpc) is 3.51. The van der Waals surface area contributed by atoms with E-state index in [-0.39, 0.29) is 41.8 Å². The normalized spacial score (nSPS) is 18.0. The minimum absolute atomic E-state index is 0.0502. The van der Waals surface area contributed by atoms with E-state index in [2.05, 4.69) is 15.5 Å². The van der Waals surface area contributed by atoms with Crippen LogP contribution >= 0.6 is 11.3 Å². The number of amides is 2. The quantitative estimate of drug-likeness (QED) is 0.248. The van der Waals surface area contributed by atoms with Gasteiger partial charge in [-0.15, -0.1) is 11.3 Å². The maximum Gasteiger partial charge on any atom is 0.354 e. The zero-order valence-corrected chi connectivity index (χ0v) is 19.2. The largest absolute Gasteiger partial charge is 0.477 e. The highest BCUT2D eigenvalue weighted by Crippen LogP contribution is 2.30. The summed E-state index contributed by atoms with van der Waals surface area (Å²) in [4.78, 5) is 59.1. The van der Waals surface area contributed by atoms with E-state index in [1.165, 1.54) is 17.5 Å². The number of aliphatic carboxylic acids is 1. The minimum atomic E-state index is -1.47. The number of esters is 1. The molecule has 1 atom stereocenters. The number of aromatic nitrogens is 1. The summed E-state index contributed by atoms with van der Waals surface area (Å²) in [7, 11) is 1.24. The number of hydrogen-bond acceptors (Lipinski definition) is 11. The Morgan fingerprint density at radius 1 is 1.31 bits per heavy atom. The van der Waals surface area contributed by atoms with Crippen LogP contribution in [0.15, 0.2) is 52.1 Å². The second-order valence-electron chi connectivity index (χ2n) is 7.41. The summed E-state index contributed by atoms with van der Waals surface area (Å²) >= 11 is 1.09. The molecule has 2 aliphatic heterocycles. The molecule has 0 unspecified atom stereocenters. The third-order valence-electron chi connectivity index (χ3n) is 5.15. The number of carbonyl (C=O) groups excluding carboxylic acids is 3. The standard InChI is InChI=1S/C21H20N6O7S/c1-33-25-15(14-10-35-21(22)24-14)17(28)23-13-8-26-7-12(16(19(30)31)27(26)18(13)29)20(32)34-9-11-5-3-2-4-6-11/h2-6,10,13H,7-9H2,1H3,(H2,22,24)(H,23,28)(H,30,31)/b25-15+/t13-/m0/s1. The maximum atomic E-state index is 13.0. The molecule has 4 N–H and O–H groups in total. The fourth-order valence-electron chi connectivity index (χ4n) is 3.65. The first-order valence-electron chi connectivity index (χ1n) is 10.2. The van der Waals surface area contributed by atoms with Crippen molar-refractivity contribution in [2.45, 2.75) is 12.6 Å². The highest BCUT2D eigenvalue weighted by atomic mass is 32.1. The van der Waals surface area contributed by atoms with Crippen LogP contribution in [-0.4, -0.2) is 75.8 Å². The number of ether oxygens (including phenoxy) is 1. The van der Waals surface area contributed by atoms with Gasteiger partial charge in [0.2, 0.25) is 0 Å². The van der Waals surface area contributed by atoms with E-state index in [4.69, 9.17) is 15.3 Å². The monoisotopic (exact) mass is 500 g/mol. The summed E-state index contributed by atoms with van der Waals surface area (Å²) in [6.07, 6.45) is 0. The molecule has 13 nitrogen and oxygen atoms in total. The van der Waals surface area contributed by atoms with E-state index in [1.54, 1.807) is 24.3 Å². The van der Waals surface area contributed by atoms with Gasteiger partial charge in [-0.1, -0.05) is 35.5 Å². The number of carboxylic acid groups (broad SMARTS) is 1. The van der Waals surface area contributed by atoms with Gasteiger partial charge in [0.25, 0.3) is 11.8 Å². The molecule has 1 fully saturated rings. The molecule has 2 amide bonds. The molecule has 0 aliphatic carbocycles.